The van der Waals surface area contributed by atoms with E-state index < -0.39 is 10.8 Å². The Balaban J connectivity index is 1.40. The molecule has 170 valence electrons. The number of nitrogens with zero attached hydrogens (tertiary/aromatic N) is 5. The molecule has 0 spiro atoms. The summed E-state index contributed by atoms with van der Waals surface area (Å²) >= 11 is 0. The van der Waals surface area contributed by atoms with Gasteiger partial charge in [-0.05, 0) is 24.3 Å². The first-order valence-corrected chi connectivity index (χ1v) is 10.4. The van der Waals surface area contributed by atoms with Crippen LogP contribution in [0.2, 0.25) is 0 Å². The molecule has 2 heterocycles. The van der Waals surface area contributed by atoms with Crippen molar-refractivity contribution in [2.75, 3.05) is 48.0 Å². The maximum absolute atomic E-state index is 12.1. The molecule has 11 heteroatoms. The van der Waals surface area contributed by atoms with Crippen molar-refractivity contribution < 1.29 is 14.5 Å². The van der Waals surface area contributed by atoms with E-state index in [-0.39, 0.29) is 23.9 Å². The van der Waals surface area contributed by atoms with Crippen LogP contribution in [-0.4, -0.2) is 53.6 Å². The van der Waals surface area contributed by atoms with E-state index >= 15 is 0 Å². The topological polar surface area (TPSA) is 126 Å². The van der Waals surface area contributed by atoms with E-state index in [9.17, 15) is 14.9 Å². The summed E-state index contributed by atoms with van der Waals surface area (Å²) in [6, 6.07) is 18.9. The summed E-state index contributed by atoms with van der Waals surface area (Å²) in [5.41, 5.74) is 5.74. The average Bonchev–Trinajstić information content (AvgIpc) is 2.87. The van der Waals surface area contributed by atoms with Crippen molar-refractivity contribution in [1.29, 1.82) is 0 Å². The highest BCUT2D eigenvalue weighted by Crippen LogP contribution is 2.32. The van der Waals surface area contributed by atoms with Gasteiger partial charge in [-0.25, -0.2) is 9.97 Å². The standard InChI is InChI=1S/C22H23N7O4/c30-19(15-33-18-9-5-2-6-10-18)25-26-21-20(29(31)32)22(24-16-23-21)28-13-11-27(12-14-28)17-7-3-1-4-8-17/h1-10,16H,11-15H2,(H,25,30)(H,23,24,26). The molecule has 1 aromatic heterocycles. The molecule has 0 radical (unpaired) electrons. The van der Waals surface area contributed by atoms with E-state index in [0.717, 1.165) is 5.69 Å². The number of nitro groups is 1. The summed E-state index contributed by atoms with van der Waals surface area (Å²) < 4.78 is 5.37. The Labute approximate surface area is 190 Å². The maximum Gasteiger partial charge on any atom is 0.355 e. The van der Waals surface area contributed by atoms with Gasteiger partial charge in [0.2, 0.25) is 11.6 Å². The van der Waals surface area contributed by atoms with Crippen molar-refractivity contribution in [2.24, 2.45) is 0 Å². The largest absolute Gasteiger partial charge is 0.484 e. The quantitative estimate of drug-likeness (QED) is 0.393. The lowest BCUT2D eigenvalue weighted by atomic mass is 10.2. The lowest BCUT2D eigenvalue weighted by Crippen LogP contribution is -2.47. The molecule has 2 N–H and O–H groups in total. The first kappa shape index (κ1) is 21.8. The number of amides is 1. The van der Waals surface area contributed by atoms with Crippen LogP contribution in [0.15, 0.2) is 67.0 Å². The molecule has 11 nitrogen and oxygen atoms in total. The number of hydrogen-bond acceptors (Lipinski definition) is 9. The zero-order valence-corrected chi connectivity index (χ0v) is 17.8. The van der Waals surface area contributed by atoms with Crippen LogP contribution in [0.5, 0.6) is 5.75 Å². The van der Waals surface area contributed by atoms with E-state index in [0.29, 0.717) is 31.9 Å². The van der Waals surface area contributed by atoms with E-state index in [1.807, 2.05) is 41.3 Å². The Hall–Kier alpha value is -4.41. The Bertz CT molecular complexity index is 1090. The molecule has 0 aliphatic carbocycles. The monoisotopic (exact) mass is 449 g/mol. The van der Waals surface area contributed by atoms with Gasteiger partial charge in [0, 0.05) is 31.9 Å². The van der Waals surface area contributed by atoms with Crippen LogP contribution in [0.1, 0.15) is 0 Å². The average molecular weight is 449 g/mol. The molecule has 33 heavy (non-hydrogen) atoms. The van der Waals surface area contributed by atoms with Crippen LogP contribution in [0.4, 0.5) is 23.0 Å². The second-order valence-electron chi connectivity index (χ2n) is 7.24. The number of hydrogen-bond donors (Lipinski definition) is 2. The van der Waals surface area contributed by atoms with Crippen LogP contribution in [0, 0.1) is 10.1 Å². The van der Waals surface area contributed by atoms with Crippen LogP contribution in [-0.2, 0) is 4.79 Å². The molecule has 0 saturated carbocycles. The minimum absolute atomic E-state index is 0.0939. The Morgan fingerprint density at radius 1 is 0.970 bits per heavy atom. The number of ether oxygens (including phenoxy) is 1. The summed E-state index contributed by atoms with van der Waals surface area (Å²) in [5.74, 6) is 0.144. The first-order valence-electron chi connectivity index (χ1n) is 10.4. The molecule has 1 aliphatic rings. The molecule has 1 amide bonds. The third-order valence-electron chi connectivity index (χ3n) is 5.12. The summed E-state index contributed by atoms with van der Waals surface area (Å²) in [7, 11) is 0. The van der Waals surface area contributed by atoms with Crippen LogP contribution in [0.25, 0.3) is 0 Å². The minimum atomic E-state index is -0.548. The smallest absolute Gasteiger partial charge is 0.355 e. The molecule has 1 aliphatic heterocycles. The number of para-hydroxylation sites is 2. The van der Waals surface area contributed by atoms with Crippen molar-refractivity contribution >= 4 is 28.9 Å². The summed E-state index contributed by atoms with van der Waals surface area (Å²) in [5, 5.41) is 11.8. The minimum Gasteiger partial charge on any atom is -0.484 e. The highest BCUT2D eigenvalue weighted by Gasteiger charge is 2.29. The fourth-order valence-electron chi connectivity index (χ4n) is 3.51. The predicted octanol–water partition coefficient (Wildman–Crippen LogP) is 2.23. The molecule has 1 saturated heterocycles. The van der Waals surface area contributed by atoms with Crippen molar-refractivity contribution in [3.8, 4) is 5.75 Å². The van der Waals surface area contributed by atoms with E-state index in [2.05, 4.69) is 25.7 Å². The zero-order valence-electron chi connectivity index (χ0n) is 17.8. The lowest BCUT2D eigenvalue weighted by Gasteiger charge is -2.36. The van der Waals surface area contributed by atoms with E-state index in [1.54, 1.807) is 24.3 Å². The van der Waals surface area contributed by atoms with Gasteiger partial charge in [-0.2, -0.15) is 0 Å². The van der Waals surface area contributed by atoms with Crippen molar-refractivity contribution in [2.45, 2.75) is 0 Å². The molecular weight excluding hydrogens is 426 g/mol. The van der Waals surface area contributed by atoms with Gasteiger partial charge in [-0.15, -0.1) is 0 Å². The molecule has 1 fully saturated rings. The Morgan fingerprint density at radius 2 is 1.61 bits per heavy atom. The van der Waals surface area contributed by atoms with Gasteiger partial charge in [-0.3, -0.25) is 25.8 Å². The number of anilines is 3. The highest BCUT2D eigenvalue weighted by molar-refractivity contribution is 5.80. The van der Waals surface area contributed by atoms with Gasteiger partial charge in [0.05, 0.1) is 4.92 Å². The summed E-state index contributed by atoms with van der Waals surface area (Å²) in [6.45, 7) is 2.25. The lowest BCUT2D eigenvalue weighted by molar-refractivity contribution is -0.383. The van der Waals surface area contributed by atoms with Gasteiger partial charge < -0.3 is 14.5 Å². The van der Waals surface area contributed by atoms with Crippen LogP contribution >= 0.6 is 0 Å². The molecular formula is C22H23N7O4. The van der Waals surface area contributed by atoms with Crippen molar-refractivity contribution in [3.63, 3.8) is 0 Å². The Kier molecular flexibility index (Phi) is 6.78. The second-order valence-corrected chi connectivity index (χ2v) is 7.24. The third-order valence-corrected chi connectivity index (χ3v) is 5.12. The second kappa shape index (κ2) is 10.3. The third kappa shape index (κ3) is 5.45. The number of rotatable bonds is 8. The number of nitrogens with one attached hydrogen (secondary N) is 2. The van der Waals surface area contributed by atoms with E-state index in [1.165, 1.54) is 6.33 Å². The Morgan fingerprint density at radius 3 is 2.27 bits per heavy atom. The number of aromatic nitrogens is 2. The van der Waals surface area contributed by atoms with Crippen LogP contribution in [0.3, 0.4) is 0 Å². The number of hydrazine groups is 1. The predicted molar refractivity (Wildman–Crippen MR) is 123 cm³/mol. The van der Waals surface area contributed by atoms with Crippen molar-refractivity contribution in [1.82, 2.24) is 15.4 Å². The highest BCUT2D eigenvalue weighted by atomic mass is 16.6. The number of piperazine rings is 1. The SMILES string of the molecule is O=C(COc1ccccc1)NNc1ncnc(N2CCN(c3ccccc3)CC2)c1[N+](=O)[O-]. The number of carbonyl (C=O) groups is 1. The van der Waals surface area contributed by atoms with Crippen LogP contribution < -0.4 is 25.4 Å². The molecule has 0 atom stereocenters. The maximum atomic E-state index is 12.1. The van der Waals surface area contributed by atoms with E-state index in [4.69, 9.17) is 4.74 Å². The molecule has 0 bridgehead atoms. The van der Waals surface area contributed by atoms with Gasteiger partial charge in [0.25, 0.3) is 5.91 Å². The van der Waals surface area contributed by atoms with Gasteiger partial charge >= 0.3 is 5.69 Å². The van der Waals surface area contributed by atoms with Crippen molar-refractivity contribution in [3.05, 3.63) is 77.1 Å². The molecule has 4 rings (SSSR count). The number of carbonyl (C=O) groups excluding carboxylic acids is 1. The fraction of sp³-hybridized carbons (Fsp3) is 0.227. The molecule has 2 aromatic carbocycles. The summed E-state index contributed by atoms with van der Waals surface area (Å²) in [4.78, 5) is 35.6. The first-order chi connectivity index (χ1) is 16.1. The zero-order chi connectivity index (χ0) is 23.0. The molecule has 0 unspecified atom stereocenters. The molecule has 3 aromatic rings. The van der Waals surface area contributed by atoms with Gasteiger partial charge in [-0.1, -0.05) is 36.4 Å². The fourth-order valence-corrected chi connectivity index (χ4v) is 3.51. The normalized spacial score (nSPS) is 13.3. The number of benzene rings is 2. The van der Waals surface area contributed by atoms with Gasteiger partial charge in [0.1, 0.15) is 12.1 Å². The van der Waals surface area contributed by atoms with Gasteiger partial charge in [0.15, 0.2) is 6.61 Å². The summed E-state index contributed by atoms with van der Waals surface area (Å²) in [6.07, 6.45) is 1.24.